The van der Waals surface area contributed by atoms with Gasteiger partial charge in [0, 0.05) is 25.4 Å². The number of nitrogens with zero attached hydrogens (tertiary/aromatic N) is 1. The minimum Gasteiger partial charge on any atom is -0.377 e. The molecule has 0 unspecified atom stereocenters. The smallest absolute Gasteiger partial charge is 0.230 e. The first kappa shape index (κ1) is 18.0. The Morgan fingerprint density at radius 1 is 1.08 bits per heavy atom. The maximum Gasteiger partial charge on any atom is 0.230 e. The quantitative estimate of drug-likeness (QED) is 0.821. The van der Waals surface area contributed by atoms with Crippen molar-refractivity contribution in [3.63, 3.8) is 0 Å². The molecular weight excluding hydrogens is 316 g/mol. The molecule has 0 aliphatic carbocycles. The number of para-hydroxylation sites is 1. The molecular formula is C20H22N2OS. The number of rotatable bonds is 6. The Hall–Kier alpha value is -2.38. The molecule has 0 saturated heterocycles. The monoisotopic (exact) mass is 338 g/mol. The van der Waals surface area contributed by atoms with E-state index in [9.17, 15) is 4.79 Å². The third-order valence-corrected chi connectivity index (χ3v) is 4.33. The van der Waals surface area contributed by atoms with Gasteiger partial charge in [0.2, 0.25) is 5.91 Å². The van der Waals surface area contributed by atoms with Crippen LogP contribution in [-0.2, 0) is 10.5 Å². The van der Waals surface area contributed by atoms with Crippen LogP contribution in [-0.4, -0.2) is 32.3 Å². The maximum absolute atomic E-state index is 11.8. The molecule has 124 valence electrons. The van der Waals surface area contributed by atoms with Crippen molar-refractivity contribution >= 4 is 23.4 Å². The van der Waals surface area contributed by atoms with Gasteiger partial charge >= 0.3 is 0 Å². The van der Waals surface area contributed by atoms with Crippen LogP contribution >= 0.6 is 11.8 Å². The van der Waals surface area contributed by atoms with Crippen LogP contribution in [0.1, 0.15) is 11.1 Å². The van der Waals surface area contributed by atoms with Crippen LogP contribution < -0.4 is 10.2 Å². The molecule has 2 rings (SSSR count). The van der Waals surface area contributed by atoms with Gasteiger partial charge in [-0.3, -0.25) is 4.79 Å². The van der Waals surface area contributed by atoms with E-state index in [4.69, 9.17) is 0 Å². The lowest BCUT2D eigenvalue weighted by molar-refractivity contribution is -0.118. The van der Waals surface area contributed by atoms with Crippen molar-refractivity contribution in [2.45, 2.75) is 5.75 Å². The number of thioether (sulfide) groups is 1. The Labute approximate surface area is 148 Å². The van der Waals surface area contributed by atoms with Crippen molar-refractivity contribution in [1.29, 1.82) is 0 Å². The summed E-state index contributed by atoms with van der Waals surface area (Å²) in [6.45, 7) is 0.368. The van der Waals surface area contributed by atoms with E-state index in [0.29, 0.717) is 12.3 Å². The van der Waals surface area contributed by atoms with Crippen LogP contribution in [0, 0.1) is 11.8 Å². The molecule has 0 saturated carbocycles. The number of amides is 1. The molecule has 0 aromatic heterocycles. The molecule has 3 nitrogen and oxygen atoms in total. The van der Waals surface area contributed by atoms with E-state index in [1.54, 1.807) is 11.8 Å². The summed E-state index contributed by atoms with van der Waals surface area (Å²) in [4.78, 5) is 13.8. The van der Waals surface area contributed by atoms with Crippen molar-refractivity contribution in [1.82, 2.24) is 5.32 Å². The zero-order chi connectivity index (χ0) is 17.2. The van der Waals surface area contributed by atoms with Crippen molar-refractivity contribution in [2.75, 3.05) is 31.3 Å². The highest BCUT2D eigenvalue weighted by atomic mass is 32.2. The predicted molar refractivity (Wildman–Crippen MR) is 103 cm³/mol. The van der Waals surface area contributed by atoms with Gasteiger partial charge in [0.25, 0.3) is 0 Å². The zero-order valence-electron chi connectivity index (χ0n) is 14.1. The van der Waals surface area contributed by atoms with E-state index in [0.717, 1.165) is 17.0 Å². The fourth-order valence-electron chi connectivity index (χ4n) is 2.14. The molecule has 0 spiro atoms. The van der Waals surface area contributed by atoms with Crippen LogP contribution in [0.25, 0.3) is 0 Å². The van der Waals surface area contributed by atoms with Gasteiger partial charge in [0.1, 0.15) is 0 Å². The Bertz CT molecular complexity index is 717. The van der Waals surface area contributed by atoms with Crippen molar-refractivity contribution in [2.24, 2.45) is 0 Å². The SMILES string of the molecule is CN(C)c1ccccc1C#CCNC(=O)CSCc1ccccc1. The molecule has 1 amide bonds. The highest BCUT2D eigenvalue weighted by Crippen LogP contribution is 2.16. The lowest BCUT2D eigenvalue weighted by Gasteiger charge is -2.13. The Kier molecular flexibility index (Phi) is 7.25. The molecule has 0 radical (unpaired) electrons. The van der Waals surface area contributed by atoms with Gasteiger partial charge in [0.05, 0.1) is 18.0 Å². The number of nitrogens with one attached hydrogen (secondary N) is 1. The summed E-state index contributed by atoms with van der Waals surface area (Å²) in [6.07, 6.45) is 0. The van der Waals surface area contributed by atoms with Gasteiger partial charge in [-0.25, -0.2) is 0 Å². The molecule has 24 heavy (non-hydrogen) atoms. The number of benzene rings is 2. The summed E-state index contributed by atoms with van der Waals surface area (Å²) >= 11 is 1.61. The summed E-state index contributed by atoms with van der Waals surface area (Å²) < 4.78 is 0. The van der Waals surface area contributed by atoms with Gasteiger partial charge in [-0.1, -0.05) is 54.3 Å². The van der Waals surface area contributed by atoms with E-state index in [-0.39, 0.29) is 5.91 Å². The second kappa shape index (κ2) is 9.69. The molecule has 0 aliphatic heterocycles. The Morgan fingerprint density at radius 3 is 2.54 bits per heavy atom. The zero-order valence-corrected chi connectivity index (χ0v) is 14.9. The number of carbonyl (C=O) groups excluding carboxylic acids is 1. The maximum atomic E-state index is 11.8. The molecule has 4 heteroatoms. The van der Waals surface area contributed by atoms with Crippen molar-refractivity contribution in [3.05, 3.63) is 65.7 Å². The molecule has 0 aliphatic rings. The first-order chi connectivity index (χ1) is 11.7. The molecule has 1 N–H and O–H groups in total. The summed E-state index contributed by atoms with van der Waals surface area (Å²) in [5, 5.41) is 2.84. The highest BCUT2D eigenvalue weighted by Gasteiger charge is 2.01. The van der Waals surface area contributed by atoms with Crippen LogP contribution in [0.3, 0.4) is 0 Å². The van der Waals surface area contributed by atoms with Crippen molar-refractivity contribution < 1.29 is 4.79 Å². The fourth-order valence-corrected chi connectivity index (χ4v) is 2.96. The average molecular weight is 338 g/mol. The lowest BCUT2D eigenvalue weighted by atomic mass is 10.1. The Balaban J connectivity index is 1.74. The normalized spacial score (nSPS) is 9.75. The number of hydrogen-bond donors (Lipinski definition) is 1. The van der Waals surface area contributed by atoms with Gasteiger partial charge in [-0.15, -0.1) is 11.8 Å². The van der Waals surface area contributed by atoms with E-state index < -0.39 is 0 Å². The van der Waals surface area contributed by atoms with E-state index in [1.165, 1.54) is 5.56 Å². The largest absolute Gasteiger partial charge is 0.377 e. The van der Waals surface area contributed by atoms with Crippen LogP contribution in [0.5, 0.6) is 0 Å². The van der Waals surface area contributed by atoms with Crippen LogP contribution in [0.2, 0.25) is 0 Å². The molecule has 2 aromatic rings. The standard InChI is InChI=1S/C20H22N2OS/c1-22(2)19-13-7-6-11-18(19)12-8-14-21-20(23)16-24-15-17-9-4-3-5-10-17/h3-7,9-11,13H,14-16H2,1-2H3,(H,21,23). The number of anilines is 1. The summed E-state index contributed by atoms with van der Waals surface area (Å²) in [5.74, 6) is 7.45. The first-order valence-electron chi connectivity index (χ1n) is 7.80. The van der Waals surface area contributed by atoms with Crippen LogP contribution in [0.15, 0.2) is 54.6 Å². The molecule has 0 bridgehead atoms. The van der Waals surface area contributed by atoms with E-state index in [1.807, 2.05) is 61.5 Å². The lowest BCUT2D eigenvalue weighted by Crippen LogP contribution is -2.25. The molecule has 0 heterocycles. The Morgan fingerprint density at radius 2 is 1.79 bits per heavy atom. The molecule has 2 aromatic carbocycles. The first-order valence-corrected chi connectivity index (χ1v) is 8.96. The third kappa shape index (κ3) is 6.02. The minimum absolute atomic E-state index is 0.0196. The van der Waals surface area contributed by atoms with Gasteiger partial charge in [-0.05, 0) is 17.7 Å². The van der Waals surface area contributed by atoms with E-state index >= 15 is 0 Å². The van der Waals surface area contributed by atoms with Crippen molar-refractivity contribution in [3.8, 4) is 11.8 Å². The second-order valence-electron chi connectivity index (χ2n) is 5.47. The van der Waals surface area contributed by atoms with E-state index in [2.05, 4.69) is 29.3 Å². The predicted octanol–water partition coefficient (Wildman–Crippen LogP) is 3.15. The minimum atomic E-state index is 0.0196. The summed E-state index contributed by atoms with van der Waals surface area (Å²) in [7, 11) is 3.98. The second-order valence-corrected chi connectivity index (χ2v) is 6.45. The third-order valence-electron chi connectivity index (χ3n) is 3.33. The topological polar surface area (TPSA) is 32.3 Å². The average Bonchev–Trinajstić information content (AvgIpc) is 2.60. The van der Waals surface area contributed by atoms with Gasteiger partial charge in [0.15, 0.2) is 0 Å². The summed E-state index contributed by atoms with van der Waals surface area (Å²) in [6, 6.07) is 18.1. The highest BCUT2D eigenvalue weighted by molar-refractivity contribution is 7.99. The fraction of sp³-hybridized carbons (Fsp3) is 0.250. The molecule has 0 atom stereocenters. The number of carbonyl (C=O) groups is 1. The van der Waals surface area contributed by atoms with Gasteiger partial charge < -0.3 is 10.2 Å². The summed E-state index contributed by atoms with van der Waals surface area (Å²) in [5.41, 5.74) is 3.28. The van der Waals surface area contributed by atoms with Crippen LogP contribution in [0.4, 0.5) is 5.69 Å². The number of hydrogen-bond acceptors (Lipinski definition) is 3. The molecule has 0 fully saturated rings. The van der Waals surface area contributed by atoms with Gasteiger partial charge in [-0.2, -0.15) is 0 Å².